The van der Waals surface area contributed by atoms with Crippen LogP contribution >= 0.6 is 0 Å². The van der Waals surface area contributed by atoms with E-state index >= 15 is 0 Å². The molecule has 1 aliphatic heterocycles. The molecule has 2 N–H and O–H groups in total. The van der Waals surface area contributed by atoms with Crippen LogP contribution in [-0.2, 0) is 4.79 Å². The van der Waals surface area contributed by atoms with Gasteiger partial charge in [0.1, 0.15) is 0 Å². The molecule has 0 radical (unpaired) electrons. The summed E-state index contributed by atoms with van der Waals surface area (Å²) in [5.74, 6) is 0.877. The van der Waals surface area contributed by atoms with E-state index in [2.05, 4.69) is 25.8 Å². The Bertz CT molecular complexity index is 245. The lowest BCUT2D eigenvalue weighted by Crippen LogP contribution is -2.52. The van der Waals surface area contributed by atoms with Gasteiger partial charge in [0.25, 0.3) is 0 Å². The summed E-state index contributed by atoms with van der Waals surface area (Å²) in [5.41, 5.74) is 5.51. The second kappa shape index (κ2) is 6.97. The van der Waals surface area contributed by atoms with Crippen LogP contribution in [0.4, 0.5) is 0 Å². The van der Waals surface area contributed by atoms with Crippen molar-refractivity contribution in [3.63, 3.8) is 0 Å². The molecule has 0 spiro atoms. The highest BCUT2D eigenvalue weighted by atomic mass is 16.2. The van der Waals surface area contributed by atoms with Crippen molar-refractivity contribution in [3.8, 4) is 0 Å². The van der Waals surface area contributed by atoms with Crippen LogP contribution in [0.25, 0.3) is 0 Å². The van der Waals surface area contributed by atoms with Gasteiger partial charge in [-0.15, -0.1) is 0 Å². The number of hydrogen-bond acceptors (Lipinski definition) is 3. The minimum absolute atomic E-state index is 0.314. The van der Waals surface area contributed by atoms with E-state index < -0.39 is 0 Å². The van der Waals surface area contributed by atoms with Crippen LogP contribution in [0, 0.1) is 5.92 Å². The van der Waals surface area contributed by atoms with Crippen molar-refractivity contribution < 1.29 is 4.79 Å². The number of nitrogens with two attached hydrogens (primary N) is 1. The summed E-state index contributed by atoms with van der Waals surface area (Å²) in [6, 6.07) is 0.481. The molecule has 2 unspecified atom stereocenters. The fourth-order valence-electron chi connectivity index (χ4n) is 2.23. The maximum atomic E-state index is 12.0. The average Bonchev–Trinajstić information content (AvgIpc) is 2.30. The molecule has 17 heavy (non-hydrogen) atoms. The summed E-state index contributed by atoms with van der Waals surface area (Å²) in [7, 11) is 2.12. The number of nitrogens with zero attached hydrogens (tertiary/aromatic N) is 2. The highest BCUT2D eigenvalue weighted by molar-refractivity contribution is 5.76. The second-order valence-corrected chi connectivity index (χ2v) is 5.39. The Balaban J connectivity index is 2.28. The van der Waals surface area contributed by atoms with E-state index in [0.717, 1.165) is 39.0 Å². The fraction of sp³-hybridized carbons (Fsp3) is 0.923. The number of carbonyl (C=O) groups is 1. The van der Waals surface area contributed by atoms with Crippen LogP contribution < -0.4 is 5.73 Å². The highest BCUT2D eigenvalue weighted by Gasteiger charge is 2.23. The van der Waals surface area contributed by atoms with Gasteiger partial charge in [-0.2, -0.15) is 0 Å². The van der Waals surface area contributed by atoms with Gasteiger partial charge in [-0.25, -0.2) is 0 Å². The second-order valence-electron chi connectivity index (χ2n) is 5.39. The minimum atomic E-state index is 0.314. The number of carbonyl (C=O) groups excluding carboxylic acids is 1. The Morgan fingerprint density at radius 1 is 1.41 bits per heavy atom. The predicted octanol–water partition coefficient (Wildman–Crippen LogP) is 0.914. The molecule has 1 saturated heterocycles. The molecule has 1 aliphatic rings. The number of piperazine rings is 1. The molecule has 0 saturated carbocycles. The van der Waals surface area contributed by atoms with Gasteiger partial charge in [0.15, 0.2) is 0 Å². The molecule has 1 fully saturated rings. The summed E-state index contributed by atoms with van der Waals surface area (Å²) in [6.45, 7) is 7.82. The lowest BCUT2D eigenvalue weighted by atomic mass is 10.0. The van der Waals surface area contributed by atoms with Crippen LogP contribution in [0.15, 0.2) is 0 Å². The molecule has 1 rings (SSSR count). The lowest BCUT2D eigenvalue weighted by Gasteiger charge is -2.37. The van der Waals surface area contributed by atoms with Crippen molar-refractivity contribution >= 4 is 5.91 Å². The molecule has 1 heterocycles. The molecular weight excluding hydrogens is 214 g/mol. The Morgan fingerprint density at radius 3 is 2.71 bits per heavy atom. The molecule has 0 aromatic rings. The molecular formula is C13H27N3O. The Kier molecular flexibility index (Phi) is 5.92. The molecule has 4 heteroatoms. The molecule has 0 aromatic carbocycles. The third kappa shape index (κ3) is 4.64. The van der Waals surface area contributed by atoms with Crippen LogP contribution in [0.1, 0.15) is 33.1 Å². The van der Waals surface area contributed by atoms with E-state index in [1.807, 2.05) is 4.90 Å². The standard InChI is InChI=1S/C13H27N3O/c1-11(6-7-14)4-5-13(17)16-9-8-15(3)12(2)10-16/h11-12H,4-10,14H2,1-3H3. The number of rotatable bonds is 5. The average molecular weight is 241 g/mol. The molecule has 0 bridgehead atoms. The lowest BCUT2D eigenvalue weighted by molar-refractivity contribution is -0.134. The Labute approximate surface area is 105 Å². The molecule has 2 atom stereocenters. The van der Waals surface area contributed by atoms with E-state index in [1.54, 1.807) is 0 Å². The third-order valence-electron chi connectivity index (χ3n) is 3.82. The minimum Gasteiger partial charge on any atom is -0.340 e. The van der Waals surface area contributed by atoms with Gasteiger partial charge in [-0.1, -0.05) is 6.92 Å². The van der Waals surface area contributed by atoms with Crippen molar-refractivity contribution in [2.75, 3.05) is 33.2 Å². The zero-order valence-electron chi connectivity index (χ0n) is 11.5. The SMILES string of the molecule is CC(CCN)CCC(=O)N1CCN(C)C(C)C1. The first kappa shape index (κ1) is 14.5. The summed E-state index contributed by atoms with van der Waals surface area (Å²) in [6.07, 6.45) is 2.67. The maximum Gasteiger partial charge on any atom is 0.222 e. The van der Waals surface area contributed by atoms with Crippen molar-refractivity contribution in [1.29, 1.82) is 0 Å². The summed E-state index contributed by atoms with van der Waals surface area (Å²) in [4.78, 5) is 16.4. The van der Waals surface area contributed by atoms with Gasteiger partial charge < -0.3 is 15.5 Å². The van der Waals surface area contributed by atoms with Gasteiger partial charge in [0, 0.05) is 32.1 Å². The monoisotopic (exact) mass is 241 g/mol. The van der Waals surface area contributed by atoms with Gasteiger partial charge in [-0.05, 0) is 39.3 Å². The van der Waals surface area contributed by atoms with E-state index in [1.165, 1.54) is 0 Å². The van der Waals surface area contributed by atoms with Crippen LogP contribution in [-0.4, -0.2) is 55.0 Å². The van der Waals surface area contributed by atoms with Crippen LogP contribution in [0.3, 0.4) is 0 Å². The van der Waals surface area contributed by atoms with E-state index in [4.69, 9.17) is 5.73 Å². The summed E-state index contributed by atoms with van der Waals surface area (Å²) in [5, 5.41) is 0. The van der Waals surface area contributed by atoms with Crippen LogP contribution in [0.2, 0.25) is 0 Å². The predicted molar refractivity (Wildman–Crippen MR) is 70.7 cm³/mol. The van der Waals surface area contributed by atoms with Crippen LogP contribution in [0.5, 0.6) is 0 Å². The molecule has 0 aliphatic carbocycles. The van der Waals surface area contributed by atoms with E-state index in [9.17, 15) is 4.79 Å². The summed E-state index contributed by atoms with van der Waals surface area (Å²) >= 11 is 0. The molecule has 100 valence electrons. The molecule has 0 aromatic heterocycles. The third-order valence-corrected chi connectivity index (χ3v) is 3.82. The largest absolute Gasteiger partial charge is 0.340 e. The Morgan fingerprint density at radius 2 is 2.12 bits per heavy atom. The number of hydrogen-bond donors (Lipinski definition) is 1. The topological polar surface area (TPSA) is 49.6 Å². The summed E-state index contributed by atoms with van der Waals surface area (Å²) < 4.78 is 0. The fourth-order valence-corrected chi connectivity index (χ4v) is 2.23. The first-order chi connectivity index (χ1) is 8.04. The van der Waals surface area contributed by atoms with Crippen molar-refractivity contribution in [1.82, 2.24) is 9.80 Å². The van der Waals surface area contributed by atoms with Gasteiger partial charge in [-0.3, -0.25) is 4.79 Å². The normalized spacial score (nSPS) is 23.8. The van der Waals surface area contributed by atoms with Crippen molar-refractivity contribution in [2.45, 2.75) is 39.2 Å². The van der Waals surface area contributed by atoms with Gasteiger partial charge in [0.05, 0.1) is 0 Å². The smallest absolute Gasteiger partial charge is 0.222 e. The quantitative estimate of drug-likeness (QED) is 0.778. The van der Waals surface area contributed by atoms with E-state index in [-0.39, 0.29) is 0 Å². The number of likely N-dealkylation sites (N-methyl/N-ethyl adjacent to an activating group) is 1. The van der Waals surface area contributed by atoms with Gasteiger partial charge >= 0.3 is 0 Å². The van der Waals surface area contributed by atoms with E-state index in [0.29, 0.717) is 24.3 Å². The molecule has 4 nitrogen and oxygen atoms in total. The zero-order valence-corrected chi connectivity index (χ0v) is 11.5. The maximum absolute atomic E-state index is 12.0. The first-order valence-corrected chi connectivity index (χ1v) is 6.72. The number of amides is 1. The zero-order chi connectivity index (χ0) is 12.8. The molecule has 1 amide bonds. The Hall–Kier alpha value is -0.610. The van der Waals surface area contributed by atoms with Crippen molar-refractivity contribution in [2.24, 2.45) is 11.7 Å². The van der Waals surface area contributed by atoms with Gasteiger partial charge in [0.2, 0.25) is 5.91 Å². The first-order valence-electron chi connectivity index (χ1n) is 6.72. The highest BCUT2D eigenvalue weighted by Crippen LogP contribution is 2.13. The van der Waals surface area contributed by atoms with Crippen molar-refractivity contribution in [3.05, 3.63) is 0 Å².